The average Bonchev–Trinajstić information content (AvgIpc) is 2.84. The number of hydrogen-bond acceptors (Lipinski definition) is 3. The lowest BCUT2D eigenvalue weighted by atomic mass is 9.98. The van der Waals surface area contributed by atoms with Crippen molar-refractivity contribution in [2.24, 2.45) is 0 Å². The average molecular weight is 457 g/mol. The van der Waals surface area contributed by atoms with Crippen LogP contribution in [-0.4, -0.2) is 14.3 Å². The maximum absolute atomic E-state index is 13.3. The van der Waals surface area contributed by atoms with E-state index in [1.54, 1.807) is 48.5 Å². The van der Waals surface area contributed by atoms with Gasteiger partial charge in [0.05, 0.1) is 22.2 Å². The first-order chi connectivity index (χ1) is 15.9. The summed E-state index contributed by atoms with van der Waals surface area (Å²) in [5.41, 5.74) is 3.27. The van der Waals surface area contributed by atoms with Gasteiger partial charge in [0.1, 0.15) is 0 Å². The Morgan fingerprint density at radius 3 is 1.79 bits per heavy atom. The smallest absolute Gasteiger partial charge is 0.261 e. The lowest BCUT2D eigenvalue weighted by molar-refractivity contribution is 0.0944. The number of benzene rings is 4. The van der Waals surface area contributed by atoms with Crippen molar-refractivity contribution in [2.45, 2.75) is 17.9 Å². The van der Waals surface area contributed by atoms with Crippen molar-refractivity contribution in [3.8, 4) is 0 Å². The zero-order valence-electron chi connectivity index (χ0n) is 18.1. The van der Waals surface area contributed by atoms with Gasteiger partial charge >= 0.3 is 0 Å². The molecule has 166 valence electrons. The fourth-order valence-electron chi connectivity index (χ4n) is 3.55. The van der Waals surface area contributed by atoms with Crippen molar-refractivity contribution >= 4 is 21.6 Å². The highest BCUT2D eigenvalue weighted by molar-refractivity contribution is 7.92. The molecule has 0 radical (unpaired) electrons. The third-order valence-electron chi connectivity index (χ3n) is 5.29. The van der Waals surface area contributed by atoms with E-state index in [2.05, 4.69) is 10.0 Å². The number of amides is 1. The van der Waals surface area contributed by atoms with Crippen LogP contribution in [0.2, 0.25) is 0 Å². The third-order valence-corrected chi connectivity index (χ3v) is 6.67. The summed E-state index contributed by atoms with van der Waals surface area (Å²) in [6.45, 7) is 1.89. The fourth-order valence-corrected chi connectivity index (χ4v) is 4.63. The number of hydrogen-bond donors (Lipinski definition) is 2. The molecule has 5 nitrogen and oxygen atoms in total. The van der Waals surface area contributed by atoms with Crippen LogP contribution in [0.3, 0.4) is 0 Å². The summed E-state index contributed by atoms with van der Waals surface area (Å²) in [4.78, 5) is 13.5. The number of para-hydroxylation sites is 1. The SMILES string of the molecule is Cc1ccc(S(=O)(=O)Nc2ccccc2C(=O)NC(c2ccccc2)c2ccccc2)cc1. The minimum atomic E-state index is -3.85. The fraction of sp³-hybridized carbons (Fsp3) is 0.0741. The first-order valence-corrected chi connectivity index (χ1v) is 12.0. The van der Waals surface area contributed by atoms with Crippen molar-refractivity contribution in [1.29, 1.82) is 0 Å². The molecule has 0 unspecified atom stereocenters. The Kier molecular flexibility index (Phi) is 6.56. The van der Waals surface area contributed by atoms with Gasteiger partial charge in [-0.2, -0.15) is 0 Å². The highest BCUT2D eigenvalue weighted by Crippen LogP contribution is 2.25. The number of sulfonamides is 1. The van der Waals surface area contributed by atoms with E-state index < -0.39 is 10.0 Å². The van der Waals surface area contributed by atoms with E-state index in [-0.39, 0.29) is 28.1 Å². The summed E-state index contributed by atoms with van der Waals surface area (Å²) in [6, 6.07) is 32.1. The van der Waals surface area contributed by atoms with E-state index in [1.165, 1.54) is 0 Å². The van der Waals surface area contributed by atoms with Gasteiger partial charge in [-0.05, 0) is 42.3 Å². The van der Waals surface area contributed by atoms with Gasteiger partial charge in [0.2, 0.25) is 0 Å². The van der Waals surface area contributed by atoms with E-state index in [0.29, 0.717) is 0 Å². The Bertz CT molecular complexity index is 1300. The molecule has 0 saturated carbocycles. The maximum Gasteiger partial charge on any atom is 0.261 e. The second-order valence-corrected chi connectivity index (χ2v) is 9.37. The number of anilines is 1. The van der Waals surface area contributed by atoms with Crippen LogP contribution in [0.4, 0.5) is 5.69 Å². The van der Waals surface area contributed by atoms with Crippen molar-refractivity contribution in [3.63, 3.8) is 0 Å². The molecule has 4 aromatic rings. The zero-order chi connectivity index (χ0) is 23.3. The quantitative estimate of drug-likeness (QED) is 0.395. The zero-order valence-corrected chi connectivity index (χ0v) is 18.9. The van der Waals surface area contributed by atoms with E-state index in [0.717, 1.165) is 16.7 Å². The third kappa shape index (κ3) is 5.30. The summed E-state index contributed by atoms with van der Waals surface area (Å²) in [5, 5.41) is 3.07. The number of carbonyl (C=O) groups is 1. The molecule has 33 heavy (non-hydrogen) atoms. The van der Waals surface area contributed by atoms with Gasteiger partial charge in [0.15, 0.2) is 0 Å². The predicted molar refractivity (Wildman–Crippen MR) is 131 cm³/mol. The Morgan fingerprint density at radius 2 is 1.21 bits per heavy atom. The van der Waals surface area contributed by atoms with E-state index in [9.17, 15) is 13.2 Å². The minimum Gasteiger partial charge on any atom is -0.341 e. The maximum atomic E-state index is 13.3. The van der Waals surface area contributed by atoms with Gasteiger partial charge in [-0.15, -0.1) is 0 Å². The summed E-state index contributed by atoms with van der Waals surface area (Å²) in [6.07, 6.45) is 0. The molecule has 0 heterocycles. The van der Waals surface area contributed by atoms with Crippen LogP contribution in [0.15, 0.2) is 114 Å². The van der Waals surface area contributed by atoms with Gasteiger partial charge in [-0.1, -0.05) is 90.5 Å². The minimum absolute atomic E-state index is 0.134. The topological polar surface area (TPSA) is 75.3 Å². The summed E-state index contributed by atoms with van der Waals surface area (Å²) in [5.74, 6) is -0.380. The van der Waals surface area contributed by atoms with Crippen molar-refractivity contribution in [3.05, 3.63) is 131 Å². The molecule has 4 aromatic carbocycles. The number of aryl methyl sites for hydroxylation is 1. The first kappa shape index (κ1) is 22.3. The van der Waals surface area contributed by atoms with Crippen molar-refractivity contribution in [1.82, 2.24) is 5.32 Å². The molecule has 2 N–H and O–H groups in total. The van der Waals surface area contributed by atoms with Crippen molar-refractivity contribution in [2.75, 3.05) is 4.72 Å². The predicted octanol–water partition coefficient (Wildman–Crippen LogP) is 5.32. The Morgan fingerprint density at radius 1 is 0.697 bits per heavy atom. The highest BCUT2D eigenvalue weighted by atomic mass is 32.2. The van der Waals surface area contributed by atoms with Crippen LogP contribution < -0.4 is 10.0 Å². The standard InChI is InChI=1S/C27H24N2O3S/c1-20-16-18-23(19-17-20)33(31,32)29-25-15-9-8-14-24(25)27(30)28-26(21-10-4-2-5-11-21)22-12-6-3-7-13-22/h2-19,26,29H,1H3,(H,28,30). The molecule has 0 spiro atoms. The summed E-state index contributed by atoms with van der Waals surface area (Å²) >= 11 is 0. The molecule has 0 saturated heterocycles. The summed E-state index contributed by atoms with van der Waals surface area (Å²) in [7, 11) is -3.85. The lowest BCUT2D eigenvalue weighted by Gasteiger charge is -2.21. The lowest BCUT2D eigenvalue weighted by Crippen LogP contribution is -2.30. The highest BCUT2D eigenvalue weighted by Gasteiger charge is 2.22. The van der Waals surface area contributed by atoms with Crippen LogP contribution in [0.25, 0.3) is 0 Å². The Hall–Kier alpha value is -3.90. The second kappa shape index (κ2) is 9.71. The van der Waals surface area contributed by atoms with Crippen LogP contribution in [-0.2, 0) is 10.0 Å². The Labute approximate surface area is 194 Å². The van der Waals surface area contributed by atoms with Gasteiger partial charge in [0.25, 0.3) is 15.9 Å². The second-order valence-electron chi connectivity index (χ2n) is 7.69. The monoisotopic (exact) mass is 456 g/mol. The van der Waals surface area contributed by atoms with E-state index >= 15 is 0 Å². The van der Waals surface area contributed by atoms with Gasteiger partial charge in [0, 0.05) is 0 Å². The molecule has 0 aliphatic carbocycles. The first-order valence-electron chi connectivity index (χ1n) is 10.5. The molecular weight excluding hydrogens is 432 g/mol. The van der Waals surface area contributed by atoms with Crippen LogP contribution >= 0.6 is 0 Å². The molecular formula is C27H24N2O3S. The molecule has 0 bridgehead atoms. The van der Waals surface area contributed by atoms with E-state index in [1.807, 2.05) is 67.6 Å². The normalized spacial score (nSPS) is 11.2. The van der Waals surface area contributed by atoms with Gasteiger partial charge < -0.3 is 5.32 Å². The number of carbonyl (C=O) groups excluding carboxylic acids is 1. The van der Waals surface area contributed by atoms with Gasteiger partial charge in [-0.3, -0.25) is 9.52 Å². The largest absolute Gasteiger partial charge is 0.341 e. The van der Waals surface area contributed by atoms with Crippen LogP contribution in [0.1, 0.15) is 33.1 Å². The van der Waals surface area contributed by atoms with E-state index in [4.69, 9.17) is 0 Å². The number of rotatable bonds is 7. The Balaban J connectivity index is 1.64. The van der Waals surface area contributed by atoms with Crippen LogP contribution in [0.5, 0.6) is 0 Å². The molecule has 4 rings (SSSR count). The van der Waals surface area contributed by atoms with Crippen molar-refractivity contribution < 1.29 is 13.2 Å². The molecule has 0 atom stereocenters. The molecule has 0 aromatic heterocycles. The summed E-state index contributed by atoms with van der Waals surface area (Å²) < 4.78 is 28.4. The van der Waals surface area contributed by atoms with Crippen LogP contribution in [0, 0.1) is 6.92 Å². The molecule has 0 fully saturated rings. The molecule has 0 aliphatic heterocycles. The molecule has 0 aliphatic rings. The molecule has 1 amide bonds. The number of nitrogens with one attached hydrogen (secondary N) is 2. The van der Waals surface area contributed by atoms with Gasteiger partial charge in [-0.25, -0.2) is 8.42 Å². The molecule has 6 heteroatoms.